The van der Waals surface area contributed by atoms with E-state index in [0.29, 0.717) is 0 Å². The van der Waals surface area contributed by atoms with Gasteiger partial charge in [-0.1, -0.05) is 36.8 Å². The van der Waals surface area contributed by atoms with Gasteiger partial charge in [0.1, 0.15) is 0 Å². The molecule has 1 aromatic rings. The van der Waals surface area contributed by atoms with Crippen LogP contribution in [0.25, 0.3) is 0 Å². The maximum absolute atomic E-state index is 5.97. The Morgan fingerprint density at radius 3 is 2.33 bits per heavy atom. The van der Waals surface area contributed by atoms with E-state index in [2.05, 4.69) is 35.2 Å². The zero-order valence-corrected chi connectivity index (χ0v) is 11.1. The summed E-state index contributed by atoms with van der Waals surface area (Å²) >= 11 is 0. The molecule has 2 unspecified atom stereocenters. The first-order valence-electron chi connectivity index (χ1n) is 7.33. The van der Waals surface area contributed by atoms with Crippen molar-refractivity contribution in [3.8, 4) is 0 Å². The second kappa shape index (κ2) is 5.41. The summed E-state index contributed by atoms with van der Waals surface area (Å²) in [6, 6.07) is 10.9. The number of piperidine rings is 1. The van der Waals surface area contributed by atoms with Crippen LogP contribution in [0.4, 0.5) is 0 Å². The maximum Gasteiger partial charge on any atom is 0.0233 e. The lowest BCUT2D eigenvalue weighted by Crippen LogP contribution is -2.50. The highest BCUT2D eigenvalue weighted by atomic mass is 15.1. The third-order valence-electron chi connectivity index (χ3n) is 4.87. The van der Waals surface area contributed by atoms with Crippen molar-refractivity contribution in [3.05, 3.63) is 35.9 Å². The van der Waals surface area contributed by atoms with Crippen molar-refractivity contribution in [2.75, 3.05) is 19.6 Å². The molecular weight excluding hydrogens is 220 g/mol. The Labute approximate surface area is 110 Å². The zero-order valence-electron chi connectivity index (χ0n) is 11.1. The minimum Gasteiger partial charge on any atom is -0.330 e. The quantitative estimate of drug-likeness (QED) is 0.885. The van der Waals surface area contributed by atoms with E-state index in [0.717, 1.165) is 30.8 Å². The molecule has 0 aromatic heterocycles. The van der Waals surface area contributed by atoms with Crippen LogP contribution in [-0.2, 0) is 6.54 Å². The number of nitrogens with zero attached hydrogens (tertiary/aromatic N) is 1. The summed E-state index contributed by atoms with van der Waals surface area (Å²) in [6.07, 6.45) is 4.21. The predicted molar refractivity (Wildman–Crippen MR) is 75.1 cm³/mol. The van der Waals surface area contributed by atoms with Gasteiger partial charge in [0.15, 0.2) is 0 Å². The van der Waals surface area contributed by atoms with Crippen molar-refractivity contribution in [2.45, 2.75) is 25.8 Å². The molecule has 2 nitrogen and oxygen atoms in total. The average molecular weight is 244 g/mol. The smallest absolute Gasteiger partial charge is 0.0233 e. The number of benzene rings is 1. The van der Waals surface area contributed by atoms with Gasteiger partial charge >= 0.3 is 0 Å². The SMILES string of the molecule is NCC1C2CCCC1CN(Cc1ccccc1)C2. The van der Waals surface area contributed by atoms with Crippen LogP contribution in [0, 0.1) is 17.8 Å². The summed E-state index contributed by atoms with van der Waals surface area (Å²) in [6.45, 7) is 4.53. The molecule has 1 aromatic carbocycles. The molecule has 18 heavy (non-hydrogen) atoms. The summed E-state index contributed by atoms with van der Waals surface area (Å²) in [4.78, 5) is 2.65. The molecule has 2 fully saturated rings. The van der Waals surface area contributed by atoms with Crippen LogP contribution in [0.3, 0.4) is 0 Å². The second-order valence-corrected chi connectivity index (χ2v) is 6.03. The summed E-state index contributed by atoms with van der Waals surface area (Å²) in [5.41, 5.74) is 7.42. The van der Waals surface area contributed by atoms with Crippen molar-refractivity contribution < 1.29 is 0 Å². The predicted octanol–water partition coefficient (Wildman–Crippen LogP) is 2.49. The molecule has 0 radical (unpaired) electrons. The average Bonchev–Trinajstić information content (AvgIpc) is 2.39. The number of rotatable bonds is 3. The number of likely N-dealkylation sites (tertiary alicyclic amines) is 1. The molecule has 1 saturated carbocycles. The lowest BCUT2D eigenvalue weighted by molar-refractivity contribution is 0.0233. The molecule has 0 spiro atoms. The fraction of sp³-hybridized carbons (Fsp3) is 0.625. The van der Waals surface area contributed by atoms with Crippen LogP contribution in [0.15, 0.2) is 30.3 Å². The van der Waals surface area contributed by atoms with E-state index in [1.807, 2.05) is 0 Å². The summed E-state index contributed by atoms with van der Waals surface area (Å²) in [5.74, 6) is 2.50. The highest BCUT2D eigenvalue weighted by molar-refractivity contribution is 5.14. The number of nitrogens with two attached hydrogens (primary N) is 1. The van der Waals surface area contributed by atoms with Gasteiger partial charge in [-0.15, -0.1) is 0 Å². The third-order valence-corrected chi connectivity index (χ3v) is 4.87. The van der Waals surface area contributed by atoms with E-state index >= 15 is 0 Å². The minimum atomic E-state index is 0.797. The molecule has 98 valence electrons. The fourth-order valence-corrected chi connectivity index (χ4v) is 4.00. The molecule has 2 bridgehead atoms. The standard InChI is InChI=1S/C16H24N2/c17-9-16-14-7-4-8-15(16)12-18(11-14)10-13-5-2-1-3-6-13/h1-3,5-6,14-16H,4,7-12,17H2. The Morgan fingerprint density at radius 2 is 1.72 bits per heavy atom. The zero-order chi connectivity index (χ0) is 12.4. The van der Waals surface area contributed by atoms with Crippen LogP contribution < -0.4 is 5.73 Å². The van der Waals surface area contributed by atoms with Gasteiger partial charge in [0.05, 0.1) is 0 Å². The van der Waals surface area contributed by atoms with E-state index in [1.165, 1.54) is 37.9 Å². The van der Waals surface area contributed by atoms with Gasteiger partial charge in [0, 0.05) is 19.6 Å². The van der Waals surface area contributed by atoms with Gasteiger partial charge in [-0.25, -0.2) is 0 Å². The van der Waals surface area contributed by atoms with Crippen LogP contribution in [-0.4, -0.2) is 24.5 Å². The lowest BCUT2D eigenvalue weighted by atomic mass is 9.69. The van der Waals surface area contributed by atoms with Gasteiger partial charge in [0.25, 0.3) is 0 Å². The third kappa shape index (κ3) is 2.45. The molecule has 2 aliphatic rings. The molecule has 3 rings (SSSR count). The van der Waals surface area contributed by atoms with Gasteiger partial charge < -0.3 is 5.73 Å². The largest absolute Gasteiger partial charge is 0.330 e. The van der Waals surface area contributed by atoms with E-state index in [4.69, 9.17) is 5.73 Å². The van der Waals surface area contributed by atoms with Crippen molar-refractivity contribution in [2.24, 2.45) is 23.5 Å². The highest BCUT2D eigenvalue weighted by Crippen LogP contribution is 2.39. The molecule has 1 aliphatic heterocycles. The van der Waals surface area contributed by atoms with Gasteiger partial charge in [-0.2, -0.15) is 0 Å². The van der Waals surface area contributed by atoms with Gasteiger partial charge in [-0.05, 0) is 42.7 Å². The molecule has 1 aliphatic carbocycles. The van der Waals surface area contributed by atoms with E-state index < -0.39 is 0 Å². The summed E-state index contributed by atoms with van der Waals surface area (Å²) < 4.78 is 0. The van der Waals surface area contributed by atoms with Crippen LogP contribution in [0.5, 0.6) is 0 Å². The summed E-state index contributed by atoms with van der Waals surface area (Å²) in [7, 11) is 0. The molecule has 2 heteroatoms. The van der Waals surface area contributed by atoms with Crippen LogP contribution in [0.2, 0.25) is 0 Å². The monoisotopic (exact) mass is 244 g/mol. The van der Waals surface area contributed by atoms with E-state index in [-0.39, 0.29) is 0 Å². The first-order valence-corrected chi connectivity index (χ1v) is 7.33. The Bertz CT molecular complexity index is 362. The molecule has 1 saturated heterocycles. The van der Waals surface area contributed by atoms with Crippen molar-refractivity contribution in [3.63, 3.8) is 0 Å². The van der Waals surface area contributed by atoms with Crippen molar-refractivity contribution in [1.82, 2.24) is 4.90 Å². The normalized spacial score (nSPS) is 32.4. The Balaban J connectivity index is 1.66. The van der Waals surface area contributed by atoms with Crippen LogP contribution in [0.1, 0.15) is 24.8 Å². The maximum atomic E-state index is 5.97. The first-order chi connectivity index (χ1) is 8.86. The van der Waals surface area contributed by atoms with Crippen molar-refractivity contribution in [1.29, 1.82) is 0 Å². The lowest BCUT2D eigenvalue weighted by Gasteiger charge is -2.47. The molecule has 2 N–H and O–H groups in total. The molecular formula is C16H24N2. The van der Waals surface area contributed by atoms with Gasteiger partial charge in [0.2, 0.25) is 0 Å². The Hall–Kier alpha value is -0.860. The number of fused-ring (bicyclic) bond motifs is 2. The van der Waals surface area contributed by atoms with E-state index in [1.54, 1.807) is 0 Å². The second-order valence-electron chi connectivity index (χ2n) is 6.03. The highest BCUT2D eigenvalue weighted by Gasteiger charge is 2.38. The first kappa shape index (κ1) is 12.2. The van der Waals surface area contributed by atoms with Gasteiger partial charge in [-0.3, -0.25) is 4.90 Å². The number of hydrogen-bond donors (Lipinski definition) is 1. The summed E-state index contributed by atoms with van der Waals surface area (Å²) in [5, 5.41) is 0. The Kier molecular flexibility index (Phi) is 3.67. The Morgan fingerprint density at radius 1 is 1.06 bits per heavy atom. The molecule has 1 heterocycles. The number of hydrogen-bond acceptors (Lipinski definition) is 2. The van der Waals surface area contributed by atoms with Crippen LogP contribution >= 0.6 is 0 Å². The van der Waals surface area contributed by atoms with Crippen molar-refractivity contribution >= 4 is 0 Å². The minimum absolute atomic E-state index is 0.797. The fourth-order valence-electron chi connectivity index (χ4n) is 4.00. The molecule has 0 amide bonds. The molecule has 2 atom stereocenters. The topological polar surface area (TPSA) is 29.3 Å². The van der Waals surface area contributed by atoms with E-state index in [9.17, 15) is 0 Å².